The van der Waals surface area contributed by atoms with E-state index in [2.05, 4.69) is 77.3 Å². The van der Waals surface area contributed by atoms with Gasteiger partial charge in [-0.3, -0.25) is 75.9 Å². The van der Waals surface area contributed by atoms with Gasteiger partial charge in [-0.25, -0.2) is 24.0 Å². The van der Waals surface area contributed by atoms with Crippen molar-refractivity contribution in [3.05, 3.63) is 163 Å². The molecule has 9 N–H and O–H groups in total. The zero-order chi connectivity index (χ0) is 87.3. The van der Waals surface area contributed by atoms with E-state index in [-0.39, 0.29) is 197 Å². The first kappa shape index (κ1) is 123. The number of aromatic amines is 5. The van der Waals surface area contributed by atoms with Crippen molar-refractivity contribution < 1.29 is 114 Å². The molecular formula is C84H153KN10O23S5. The van der Waals surface area contributed by atoms with Crippen LogP contribution in [0.25, 0.3) is 0 Å². The van der Waals surface area contributed by atoms with Crippen LogP contribution in [0, 0.1) is 76.0 Å². The molecule has 0 spiro atoms. The maximum Gasteiger partial charge on any atom is 1.00 e. The average molecular weight is 1870 g/mol. The molecule has 5 aromatic heterocycles. The SMILES string of the molecule is C.C.C.C.C.C.C.C.C.CC.CC(=O)[S-].CC[C@]1(C(C)C)O[C@@H](n2cc(C)c(=O)[nH]c2=O)[C@@H](O)[C@@H]1C.CC[C@]1(C(C)C)O[C@@H](n2cc(C)c(=O)[nH]c2=O)[C@@H](OS(C)(=O)=O)[C@@H]1C.Cc1cn([C@@H]2O[C@@]3(C(C)C)CS[C@@H]2[C@@H]3C)c(=O)[nH]c1=O.Cc1cn([C@@H]2O[C@@]3([C@@H](C)O)CS[C@@H]2[C@@H]3C)c(=O)[nH]c1=O.[2H][C@H](C)[C@@]12CS[C@@H]([C@H](n3cc(C)c(=O)[nH]c3=O)O1)[C@@H]2O.[3H]OC.[K+]. The first-order valence-corrected chi connectivity index (χ1v) is 43.1. The van der Waals surface area contributed by atoms with Gasteiger partial charge in [-0.2, -0.15) is 31.9 Å². The van der Waals surface area contributed by atoms with Crippen LogP contribution in [-0.4, -0.2) is 182 Å². The van der Waals surface area contributed by atoms with E-state index in [0.717, 1.165) is 24.2 Å². The molecule has 33 nitrogen and oxygen atoms in total. The number of aliphatic hydroxyl groups is 4. The molecule has 8 fully saturated rings. The number of hydrogen-bond donors (Lipinski definition) is 9. The molecule has 22 atom stereocenters. The fraction of sp³-hybridized carbons (Fsp3) is 0.750. The smallest absolute Gasteiger partial charge is 0.742 e. The zero-order valence-electron chi connectivity index (χ0n) is 71.8. The number of carbonyl (C=O) groups is 1. The molecular weight excluding hydrogens is 1720 g/mol. The largest absolute Gasteiger partial charge is 1.00 e. The third-order valence-corrected chi connectivity index (χ3v) is 28.5. The van der Waals surface area contributed by atoms with E-state index < -0.39 is 128 Å². The van der Waals surface area contributed by atoms with Crippen molar-refractivity contribution in [1.29, 1.82) is 1.43 Å². The summed E-state index contributed by atoms with van der Waals surface area (Å²) >= 11 is 9.07. The summed E-state index contributed by atoms with van der Waals surface area (Å²) in [6, 6.07) is 0. The predicted octanol–water partition coefficient (Wildman–Crippen LogP) is 7.54. The second-order valence-electron chi connectivity index (χ2n) is 30.5. The van der Waals surface area contributed by atoms with Crippen LogP contribution < -0.4 is 108 Å². The Bertz CT molecular complexity index is 4720. The molecule has 8 aliphatic heterocycles. The Labute approximate surface area is 792 Å². The molecule has 39 heteroatoms. The van der Waals surface area contributed by atoms with Crippen LogP contribution in [0.1, 0.15) is 264 Å². The van der Waals surface area contributed by atoms with Gasteiger partial charge in [-0.15, -0.1) is 11.8 Å². The summed E-state index contributed by atoms with van der Waals surface area (Å²) in [7, 11) is -2.47. The molecule has 708 valence electrons. The Kier molecular flexibility index (Phi) is 51.1. The first-order chi connectivity index (χ1) is 53.4. The number of thioether (sulfide) groups is 3. The monoisotopic (exact) mass is 1870 g/mol. The second-order valence-corrected chi connectivity index (χ2v) is 36.2. The molecule has 0 radical (unpaired) electrons. The van der Waals surface area contributed by atoms with Crippen LogP contribution in [0.15, 0.2) is 78.9 Å². The van der Waals surface area contributed by atoms with Crippen LogP contribution in [0.4, 0.5) is 0 Å². The van der Waals surface area contributed by atoms with Gasteiger partial charge in [-0.1, -0.05) is 171 Å². The normalized spacial score (nSPS) is 30.1. The van der Waals surface area contributed by atoms with Crippen LogP contribution >= 0.6 is 35.3 Å². The summed E-state index contributed by atoms with van der Waals surface area (Å²) in [5.74, 6) is 3.08. The van der Waals surface area contributed by atoms with E-state index in [9.17, 15) is 76.5 Å². The average Bonchev–Trinajstić information content (AvgIpc) is 1.58. The Morgan fingerprint density at radius 2 is 0.797 bits per heavy atom. The number of aryl methyl sites for hydroxylation is 5. The first-order valence-electron chi connectivity index (χ1n) is 38.8. The molecule has 8 saturated heterocycles. The van der Waals surface area contributed by atoms with Gasteiger partial charge in [0.05, 0.1) is 44.9 Å². The van der Waals surface area contributed by atoms with E-state index in [4.69, 9.17) is 30.7 Å². The van der Waals surface area contributed by atoms with Crippen molar-refractivity contribution in [1.82, 2.24) is 47.8 Å². The third kappa shape index (κ3) is 25.8. The third-order valence-electron chi connectivity index (χ3n) is 23.1. The quantitative estimate of drug-likeness (QED) is 0.0294. The van der Waals surface area contributed by atoms with E-state index in [1.54, 1.807) is 71.0 Å². The van der Waals surface area contributed by atoms with Crippen molar-refractivity contribution in [3.8, 4) is 0 Å². The van der Waals surface area contributed by atoms with Crippen LogP contribution in [0.2, 0.25) is 0 Å². The standard InChI is InChI=1S/C16H26N2O6S.C15H24N2O4.C14H20N2O3S.C13H18N2O4S.C12H16N2O4S.C2H4OS.C2H6.CH4O.9CH4.K/c1-7-16(9(2)3)11(5)12(24-25(6,21)22)14(23-16)18-8-10(4)13(19)17-15(18)20;1-6-15(8(2)3)10(5)11(18)13(21-15)17-7-9(4)12(19)16-14(17)20;1-7(2)14-6-20-10(9(14)4)12(19-14)16-5-8(3)11(17)15-13(16)18;1-6-4-15(12(18)14-10(6)17)11-9-7(2)13(19-11,5-20-9)8(3)16;1-3-12-5-19-7(8(12)15)10(18-12)14-4-6(2)9(16)13-11(14)17;1-2(3)4;2*1-2;;;;;;;;;;/h8-9,11-12,14H,7H2,1-6H3,(H,17,19,20);7-8,10-11,13,18H,6H2,1-5H3,(H,16,19,20);5,7,9-10,12H,6H2,1-4H3,(H,15,17,18);4,7-9,11,16H,5H2,1-3H3,(H,14,17,18);4,7-8,10,15H,3,5H2,1-2H3,(H,13,16,17);1H3,(H,3,4);1-2H3;2H,1H3;9*1H4;/q;;;;;;;;;;;;;;;;;+1/p-1/t11-,12-,14+,16+;10-,11-,13+,15+;9-,10+,12+,14+;7-,8+,9+,11+,13-;7-,8+,10-,12+;;;;;;;;;;;;;/m00001............./s1/i;;;;3D;;;2T;;;;;;;;;;/t;;;;3-,7-,8+,10-,12+;;;;;;;;;;;;;. The number of rotatable bonds is 14. The topological polar surface area (TPSA) is 462 Å². The Morgan fingerprint density at radius 3 is 1.07 bits per heavy atom. The van der Waals surface area contributed by atoms with Gasteiger partial charge < -0.3 is 61.5 Å². The minimum Gasteiger partial charge on any atom is -0.742 e. The van der Waals surface area contributed by atoms with Gasteiger partial charge in [0.1, 0.15) is 29.5 Å². The second kappa shape index (κ2) is 51.2. The minimum atomic E-state index is -3.76. The van der Waals surface area contributed by atoms with E-state index in [0.29, 0.717) is 51.8 Å². The Morgan fingerprint density at radius 1 is 0.520 bits per heavy atom. The molecule has 0 aliphatic carbocycles. The number of aromatic nitrogens is 10. The van der Waals surface area contributed by atoms with Crippen molar-refractivity contribution in [3.63, 3.8) is 0 Å². The summed E-state index contributed by atoms with van der Waals surface area (Å²) in [5.41, 5.74) is -5.34. The van der Waals surface area contributed by atoms with Crippen molar-refractivity contribution >= 4 is 63.1 Å². The van der Waals surface area contributed by atoms with E-state index in [1.165, 1.54) is 68.9 Å². The molecule has 13 heterocycles. The molecule has 6 bridgehead atoms. The number of aliphatic hydroxyl groups excluding tert-OH is 4. The van der Waals surface area contributed by atoms with Crippen molar-refractivity contribution in [2.75, 3.05) is 30.6 Å². The summed E-state index contributed by atoms with van der Waals surface area (Å²) in [4.78, 5) is 138. The molecule has 123 heavy (non-hydrogen) atoms. The fourth-order valence-electron chi connectivity index (χ4n) is 16.3. The van der Waals surface area contributed by atoms with Crippen LogP contribution in [0.5, 0.6) is 0 Å². The van der Waals surface area contributed by atoms with E-state index in [1.807, 2.05) is 74.1 Å². The fourth-order valence-corrected chi connectivity index (χ4v) is 22.4. The summed E-state index contributed by atoms with van der Waals surface area (Å²) in [6.45, 7) is 41.3. The van der Waals surface area contributed by atoms with Gasteiger partial charge in [0.2, 0.25) is 1.43 Å². The number of nitrogens with one attached hydrogen (secondary N) is 5. The van der Waals surface area contributed by atoms with Crippen molar-refractivity contribution in [2.24, 2.45) is 41.4 Å². The number of H-pyrrole nitrogens is 5. The zero-order valence-corrected chi connectivity index (χ0v) is 77.0. The molecule has 0 saturated carbocycles. The molecule has 0 amide bonds. The molecule has 8 aliphatic rings. The number of carbonyl (C=O) groups excluding carboxylic acids is 1. The van der Waals surface area contributed by atoms with Gasteiger partial charge in [0, 0.05) is 113 Å². The summed E-state index contributed by atoms with van der Waals surface area (Å²) < 4.78 is 79.9. The number of ether oxygens (including phenoxy) is 5. The van der Waals surface area contributed by atoms with Gasteiger partial charge in [0.15, 0.2) is 31.1 Å². The predicted molar refractivity (Wildman–Crippen MR) is 497 cm³/mol. The summed E-state index contributed by atoms with van der Waals surface area (Å²) in [5, 5.41) is 34.2. The minimum absolute atomic E-state index is 0. The van der Waals surface area contributed by atoms with Crippen LogP contribution in [-0.2, 0) is 55.4 Å². The van der Waals surface area contributed by atoms with Crippen LogP contribution in [0.3, 0.4) is 0 Å². The summed E-state index contributed by atoms with van der Waals surface area (Å²) in [6.07, 6.45) is 3.02. The Hall–Kier alpha value is -4.47. The van der Waals surface area contributed by atoms with Crippen molar-refractivity contribution in [2.45, 2.75) is 338 Å². The maximum atomic E-state index is 12.3. The molecule has 13 rings (SSSR count). The molecule has 0 unspecified atom stereocenters. The number of hydrogen-bond acceptors (Lipinski definition) is 27. The maximum absolute atomic E-state index is 12.3. The number of nitrogens with zero attached hydrogens (tertiary/aromatic N) is 5. The Balaban J connectivity index is -0.000000460. The molecule has 0 aromatic carbocycles. The van der Waals surface area contributed by atoms with Gasteiger partial charge >= 0.3 is 79.8 Å². The molecule has 5 aromatic rings. The van der Waals surface area contributed by atoms with Gasteiger partial charge in [-0.05, 0) is 85.5 Å². The number of fused-ring (bicyclic) bond motifs is 6. The van der Waals surface area contributed by atoms with E-state index >= 15 is 0 Å². The van der Waals surface area contributed by atoms with Gasteiger partial charge in [0.25, 0.3) is 37.9 Å².